The molecule has 0 amide bonds. The number of rotatable bonds is 5. The molecule has 0 saturated heterocycles. The molecule has 0 N–H and O–H groups in total. The monoisotopic (exact) mass is 413 g/mol. The number of nitrogens with zero attached hydrogens (tertiary/aromatic N) is 5. The van der Waals surface area contributed by atoms with Crippen molar-refractivity contribution in [1.82, 2.24) is 9.55 Å². The summed E-state index contributed by atoms with van der Waals surface area (Å²) in [5.41, 5.74) is 3.13. The zero-order valence-electron chi connectivity index (χ0n) is 17.0. The van der Waals surface area contributed by atoms with Crippen LogP contribution in [0, 0.1) is 10.1 Å². The van der Waals surface area contributed by atoms with Crippen LogP contribution in [0.2, 0.25) is 0 Å². The molecule has 0 aliphatic heterocycles. The minimum atomic E-state index is -0.529. The van der Waals surface area contributed by atoms with Crippen LogP contribution in [-0.2, 0) is 0 Å². The molecular formula is C23H19N5O3. The second-order valence-electron chi connectivity index (χ2n) is 7.09. The van der Waals surface area contributed by atoms with Gasteiger partial charge in [-0.15, -0.1) is 0 Å². The molecule has 0 spiro atoms. The summed E-state index contributed by atoms with van der Waals surface area (Å²) >= 11 is 0. The quantitative estimate of drug-likeness (QED) is 0.274. The number of carbonyl (C=O) groups is 1. The highest BCUT2D eigenvalue weighted by Gasteiger charge is 2.19. The Labute approximate surface area is 178 Å². The van der Waals surface area contributed by atoms with Gasteiger partial charge in [0.2, 0.25) is 5.95 Å². The lowest BCUT2D eigenvalue weighted by Crippen LogP contribution is -2.12. The summed E-state index contributed by atoms with van der Waals surface area (Å²) in [6.45, 7) is 0. The van der Waals surface area contributed by atoms with Gasteiger partial charge in [0.15, 0.2) is 0 Å². The highest BCUT2D eigenvalue weighted by molar-refractivity contribution is 6.04. The van der Waals surface area contributed by atoms with Crippen LogP contribution in [0.3, 0.4) is 0 Å². The number of hydrogen-bond acceptors (Lipinski definition) is 6. The molecule has 154 valence electrons. The number of anilines is 1. The first-order chi connectivity index (χ1) is 14.9. The van der Waals surface area contributed by atoms with Crippen LogP contribution in [0.1, 0.15) is 15.9 Å². The van der Waals surface area contributed by atoms with Gasteiger partial charge in [0.1, 0.15) is 0 Å². The fourth-order valence-corrected chi connectivity index (χ4v) is 3.17. The summed E-state index contributed by atoms with van der Waals surface area (Å²) in [6.07, 6.45) is 1.64. The molecule has 0 atom stereocenters. The van der Waals surface area contributed by atoms with Crippen molar-refractivity contribution >= 4 is 40.5 Å². The van der Waals surface area contributed by atoms with Gasteiger partial charge in [0.25, 0.3) is 11.6 Å². The largest absolute Gasteiger partial charge is 0.378 e. The fraction of sp³-hybridized carbons (Fsp3) is 0.0870. The molecule has 31 heavy (non-hydrogen) atoms. The molecule has 4 rings (SSSR count). The van der Waals surface area contributed by atoms with Crippen LogP contribution in [0.4, 0.5) is 17.3 Å². The molecule has 3 aromatic carbocycles. The number of nitro groups is 1. The van der Waals surface area contributed by atoms with Crippen LogP contribution < -0.4 is 4.90 Å². The standard InChI is InChI=1S/C23H19N5O3/c1-26(2)18-12-10-16(11-13-18)15-24-23-25-20-8-3-4-9-21(20)27(23)22(29)17-6-5-7-19(14-17)28(30)31/h3-15H,1-2H3/b24-15+. The average molecular weight is 413 g/mol. The molecule has 8 heteroatoms. The van der Waals surface area contributed by atoms with E-state index in [1.54, 1.807) is 24.4 Å². The molecule has 1 heterocycles. The number of imidazole rings is 1. The highest BCUT2D eigenvalue weighted by atomic mass is 16.6. The van der Waals surface area contributed by atoms with Crippen molar-refractivity contribution in [2.75, 3.05) is 19.0 Å². The summed E-state index contributed by atoms with van der Waals surface area (Å²) in [6, 6.07) is 20.6. The number of nitro benzene ring substituents is 1. The molecule has 0 bridgehead atoms. The van der Waals surface area contributed by atoms with Crippen molar-refractivity contribution < 1.29 is 9.72 Å². The van der Waals surface area contributed by atoms with E-state index in [2.05, 4.69) is 9.98 Å². The predicted molar refractivity (Wildman–Crippen MR) is 121 cm³/mol. The molecule has 0 radical (unpaired) electrons. The Morgan fingerprint density at radius 1 is 1.06 bits per heavy atom. The van der Waals surface area contributed by atoms with Gasteiger partial charge < -0.3 is 4.90 Å². The minimum absolute atomic E-state index is 0.152. The lowest BCUT2D eigenvalue weighted by molar-refractivity contribution is -0.384. The van der Waals surface area contributed by atoms with Crippen molar-refractivity contribution in [3.05, 3.63) is 94.0 Å². The maximum absolute atomic E-state index is 13.3. The van der Waals surface area contributed by atoms with E-state index < -0.39 is 10.8 Å². The number of benzene rings is 3. The molecule has 8 nitrogen and oxygen atoms in total. The fourth-order valence-electron chi connectivity index (χ4n) is 3.17. The van der Waals surface area contributed by atoms with Crippen LogP contribution in [0.15, 0.2) is 77.8 Å². The van der Waals surface area contributed by atoms with E-state index in [1.165, 1.54) is 28.8 Å². The number of fused-ring (bicyclic) bond motifs is 1. The smallest absolute Gasteiger partial charge is 0.270 e. The third-order valence-electron chi connectivity index (χ3n) is 4.79. The highest BCUT2D eigenvalue weighted by Crippen LogP contribution is 2.24. The Balaban J connectivity index is 1.76. The Morgan fingerprint density at radius 3 is 2.52 bits per heavy atom. The first kappa shape index (κ1) is 20.0. The second-order valence-corrected chi connectivity index (χ2v) is 7.09. The molecule has 0 aliphatic carbocycles. The van der Waals surface area contributed by atoms with Gasteiger partial charge >= 0.3 is 0 Å². The van der Waals surface area contributed by atoms with E-state index in [1.807, 2.05) is 49.3 Å². The zero-order valence-corrected chi connectivity index (χ0v) is 17.0. The van der Waals surface area contributed by atoms with Gasteiger partial charge in [-0.3, -0.25) is 14.9 Å². The molecule has 0 fully saturated rings. The lowest BCUT2D eigenvalue weighted by atomic mass is 10.2. The SMILES string of the molecule is CN(C)c1ccc(/C=N/c2nc3ccccc3n2C(=O)c2cccc([N+](=O)[O-])c2)cc1. The van der Waals surface area contributed by atoms with Crippen LogP contribution >= 0.6 is 0 Å². The third-order valence-corrected chi connectivity index (χ3v) is 4.79. The van der Waals surface area contributed by atoms with Crippen molar-refractivity contribution in [3.8, 4) is 0 Å². The number of aliphatic imine (C=N–C) groups is 1. The molecule has 0 aliphatic rings. The van der Waals surface area contributed by atoms with Crippen molar-refractivity contribution in [3.63, 3.8) is 0 Å². The van der Waals surface area contributed by atoms with Crippen LogP contribution in [0.5, 0.6) is 0 Å². The van der Waals surface area contributed by atoms with Crippen molar-refractivity contribution in [1.29, 1.82) is 0 Å². The van der Waals surface area contributed by atoms with Crippen LogP contribution in [0.25, 0.3) is 11.0 Å². The topological polar surface area (TPSA) is 93.6 Å². The number of aromatic nitrogens is 2. The first-order valence-corrected chi connectivity index (χ1v) is 9.52. The zero-order chi connectivity index (χ0) is 22.0. The first-order valence-electron chi connectivity index (χ1n) is 9.52. The molecular weight excluding hydrogens is 394 g/mol. The normalized spacial score (nSPS) is 11.2. The van der Waals surface area contributed by atoms with E-state index in [9.17, 15) is 14.9 Å². The Hall–Kier alpha value is -4.33. The Morgan fingerprint density at radius 2 is 1.81 bits per heavy atom. The summed E-state index contributed by atoms with van der Waals surface area (Å²) < 4.78 is 1.37. The number of para-hydroxylation sites is 2. The second kappa shape index (κ2) is 8.19. The van der Waals surface area contributed by atoms with Gasteiger partial charge in [-0.1, -0.05) is 30.3 Å². The summed E-state index contributed by atoms with van der Waals surface area (Å²) in [5.74, 6) is -0.234. The van der Waals surface area contributed by atoms with E-state index >= 15 is 0 Å². The van der Waals surface area contributed by atoms with Crippen LogP contribution in [-0.4, -0.2) is 40.7 Å². The van der Waals surface area contributed by atoms with E-state index in [0.29, 0.717) is 11.0 Å². The summed E-state index contributed by atoms with van der Waals surface area (Å²) in [5, 5.41) is 11.1. The molecule has 0 unspecified atom stereocenters. The van der Waals surface area contributed by atoms with Crippen molar-refractivity contribution in [2.24, 2.45) is 4.99 Å². The third kappa shape index (κ3) is 4.04. The van der Waals surface area contributed by atoms with E-state index in [-0.39, 0.29) is 17.2 Å². The van der Waals surface area contributed by atoms with E-state index in [4.69, 9.17) is 0 Å². The maximum Gasteiger partial charge on any atom is 0.270 e. The Bertz CT molecular complexity index is 1310. The van der Waals surface area contributed by atoms with Crippen molar-refractivity contribution in [2.45, 2.75) is 0 Å². The van der Waals surface area contributed by atoms with Gasteiger partial charge in [0.05, 0.1) is 16.0 Å². The molecule has 1 aromatic heterocycles. The molecule has 4 aromatic rings. The summed E-state index contributed by atoms with van der Waals surface area (Å²) in [7, 11) is 3.93. The predicted octanol–water partition coefficient (Wildman–Crippen LogP) is 4.45. The van der Waals surface area contributed by atoms with Gasteiger partial charge in [-0.2, -0.15) is 0 Å². The van der Waals surface area contributed by atoms with E-state index in [0.717, 1.165) is 11.3 Å². The van der Waals surface area contributed by atoms with Gasteiger partial charge in [0, 0.05) is 43.7 Å². The average Bonchev–Trinajstić information content (AvgIpc) is 3.16. The molecule has 0 saturated carbocycles. The number of hydrogen-bond donors (Lipinski definition) is 0. The minimum Gasteiger partial charge on any atom is -0.378 e. The Kier molecular flexibility index (Phi) is 5.28. The van der Waals surface area contributed by atoms with Gasteiger partial charge in [-0.25, -0.2) is 14.5 Å². The number of carbonyl (C=O) groups excluding carboxylic acids is 1. The maximum atomic E-state index is 13.3. The summed E-state index contributed by atoms with van der Waals surface area (Å²) in [4.78, 5) is 34.8. The number of non-ortho nitro benzene ring substituents is 1. The lowest BCUT2D eigenvalue weighted by Gasteiger charge is -2.11. The van der Waals surface area contributed by atoms with Gasteiger partial charge in [-0.05, 0) is 35.9 Å².